The molecule has 0 saturated heterocycles. The molecular weight excluding hydrogens is 353 g/mol. The lowest BCUT2D eigenvalue weighted by atomic mass is 10.2. The minimum absolute atomic E-state index is 0.0391. The van der Waals surface area contributed by atoms with Crippen molar-refractivity contribution in [2.24, 2.45) is 0 Å². The molecule has 0 N–H and O–H groups in total. The van der Waals surface area contributed by atoms with Gasteiger partial charge < -0.3 is 4.74 Å². The summed E-state index contributed by atoms with van der Waals surface area (Å²) in [5, 5.41) is 11.0. The van der Waals surface area contributed by atoms with Crippen LogP contribution in [0.25, 0.3) is 0 Å². The van der Waals surface area contributed by atoms with Crippen LogP contribution in [-0.2, 0) is 5.88 Å². The Kier molecular flexibility index (Phi) is 4.57. The lowest BCUT2D eigenvalue weighted by Crippen LogP contribution is -1.97. The van der Waals surface area contributed by atoms with Gasteiger partial charge in [0.15, 0.2) is 11.6 Å². The van der Waals surface area contributed by atoms with Gasteiger partial charge >= 0.3 is 5.69 Å². The average molecular weight is 361 g/mol. The summed E-state index contributed by atoms with van der Waals surface area (Å²) in [7, 11) is 0. The Morgan fingerprint density at radius 1 is 1.35 bits per heavy atom. The van der Waals surface area contributed by atoms with Gasteiger partial charge in [-0.05, 0) is 18.2 Å². The standard InChI is InChI=1S/C13H8BrClFNO3/c14-9-4-5-12(11(6-9)17(18)19)20-13-8(7-15)2-1-3-10(13)16/h1-6H,7H2. The fourth-order valence-electron chi connectivity index (χ4n) is 1.60. The number of nitro groups is 1. The van der Waals surface area contributed by atoms with Crippen LogP contribution < -0.4 is 4.74 Å². The van der Waals surface area contributed by atoms with Gasteiger partial charge in [0, 0.05) is 16.1 Å². The SMILES string of the molecule is O=[N+]([O-])c1cc(Br)ccc1Oc1c(F)cccc1CCl. The maximum atomic E-state index is 13.8. The summed E-state index contributed by atoms with van der Waals surface area (Å²) in [4.78, 5) is 10.4. The fourth-order valence-corrected chi connectivity index (χ4v) is 2.16. The first-order valence-electron chi connectivity index (χ1n) is 5.48. The molecule has 0 aliphatic rings. The quantitative estimate of drug-likeness (QED) is 0.436. The van der Waals surface area contributed by atoms with Crippen molar-refractivity contribution in [3.63, 3.8) is 0 Å². The van der Waals surface area contributed by atoms with Crippen LogP contribution >= 0.6 is 27.5 Å². The largest absolute Gasteiger partial charge is 0.447 e. The average Bonchev–Trinajstić information content (AvgIpc) is 2.42. The van der Waals surface area contributed by atoms with Gasteiger partial charge in [0.25, 0.3) is 0 Å². The number of alkyl halides is 1. The van der Waals surface area contributed by atoms with Crippen molar-refractivity contribution < 1.29 is 14.1 Å². The third-order valence-corrected chi connectivity index (χ3v) is 3.30. The van der Waals surface area contributed by atoms with Crippen molar-refractivity contribution in [2.75, 3.05) is 0 Å². The van der Waals surface area contributed by atoms with Crippen LogP contribution in [0.5, 0.6) is 11.5 Å². The van der Waals surface area contributed by atoms with Crippen LogP contribution in [0.3, 0.4) is 0 Å². The highest BCUT2D eigenvalue weighted by molar-refractivity contribution is 9.10. The van der Waals surface area contributed by atoms with Gasteiger partial charge in [0.05, 0.1) is 10.8 Å². The monoisotopic (exact) mass is 359 g/mol. The van der Waals surface area contributed by atoms with Crippen molar-refractivity contribution >= 4 is 33.2 Å². The van der Waals surface area contributed by atoms with E-state index in [2.05, 4.69) is 15.9 Å². The normalized spacial score (nSPS) is 10.3. The molecule has 0 fully saturated rings. The zero-order valence-corrected chi connectivity index (χ0v) is 12.3. The van der Waals surface area contributed by atoms with E-state index in [1.807, 2.05) is 0 Å². The molecule has 0 aliphatic carbocycles. The van der Waals surface area contributed by atoms with E-state index >= 15 is 0 Å². The topological polar surface area (TPSA) is 52.4 Å². The molecule has 4 nitrogen and oxygen atoms in total. The molecule has 0 unspecified atom stereocenters. The Balaban J connectivity index is 2.48. The number of hydrogen-bond donors (Lipinski definition) is 0. The first-order chi connectivity index (χ1) is 9.52. The molecular formula is C13H8BrClFNO3. The zero-order chi connectivity index (χ0) is 14.7. The van der Waals surface area contributed by atoms with Crippen molar-refractivity contribution in [3.8, 4) is 11.5 Å². The molecule has 0 atom stereocenters. The third kappa shape index (κ3) is 3.08. The Labute approximate surface area is 127 Å². The van der Waals surface area contributed by atoms with Crippen LogP contribution in [0.4, 0.5) is 10.1 Å². The Bertz CT molecular complexity index is 666. The third-order valence-electron chi connectivity index (χ3n) is 2.52. The maximum Gasteiger partial charge on any atom is 0.312 e. The summed E-state index contributed by atoms with van der Waals surface area (Å²) in [6.45, 7) is 0. The highest BCUT2D eigenvalue weighted by atomic mass is 79.9. The molecule has 20 heavy (non-hydrogen) atoms. The zero-order valence-electron chi connectivity index (χ0n) is 9.98. The van der Waals surface area contributed by atoms with Crippen molar-refractivity contribution in [1.29, 1.82) is 0 Å². The van der Waals surface area contributed by atoms with Crippen LogP contribution in [0.1, 0.15) is 5.56 Å². The van der Waals surface area contributed by atoms with Gasteiger partial charge in [0.2, 0.25) is 5.75 Å². The van der Waals surface area contributed by atoms with E-state index in [-0.39, 0.29) is 23.1 Å². The summed E-state index contributed by atoms with van der Waals surface area (Å²) in [5.41, 5.74) is 0.159. The highest BCUT2D eigenvalue weighted by Crippen LogP contribution is 2.36. The second-order valence-corrected chi connectivity index (χ2v) is 5.02. The van der Waals surface area contributed by atoms with E-state index in [0.29, 0.717) is 10.0 Å². The summed E-state index contributed by atoms with van der Waals surface area (Å²) < 4.78 is 19.7. The fraction of sp³-hybridized carbons (Fsp3) is 0.0769. The minimum atomic E-state index is -0.625. The van der Waals surface area contributed by atoms with Gasteiger partial charge in [-0.25, -0.2) is 4.39 Å². The molecule has 0 aliphatic heterocycles. The number of halogens is 3. The molecule has 0 radical (unpaired) electrons. The number of ether oxygens (including phenoxy) is 1. The van der Waals surface area contributed by atoms with Crippen LogP contribution in [0.2, 0.25) is 0 Å². The van der Waals surface area contributed by atoms with E-state index in [0.717, 1.165) is 0 Å². The van der Waals surface area contributed by atoms with Gasteiger partial charge in [-0.2, -0.15) is 0 Å². The molecule has 0 saturated carbocycles. The molecule has 2 aromatic carbocycles. The van der Waals surface area contributed by atoms with Gasteiger partial charge in [0.1, 0.15) is 0 Å². The summed E-state index contributed by atoms with van der Waals surface area (Å²) in [6, 6.07) is 8.55. The predicted octanol–water partition coefficient (Wildman–Crippen LogP) is 5.03. The first kappa shape index (κ1) is 14.7. The van der Waals surface area contributed by atoms with E-state index in [4.69, 9.17) is 16.3 Å². The molecule has 0 heterocycles. The summed E-state index contributed by atoms with van der Waals surface area (Å²) in [6.07, 6.45) is 0. The number of para-hydroxylation sites is 1. The Hall–Kier alpha value is -1.66. The predicted molar refractivity (Wildman–Crippen MR) is 76.8 cm³/mol. The smallest absolute Gasteiger partial charge is 0.312 e. The highest BCUT2D eigenvalue weighted by Gasteiger charge is 2.19. The van der Waals surface area contributed by atoms with Gasteiger partial charge in [-0.1, -0.05) is 28.1 Å². The molecule has 0 bridgehead atoms. The number of hydrogen-bond acceptors (Lipinski definition) is 3. The lowest BCUT2D eigenvalue weighted by molar-refractivity contribution is -0.385. The molecule has 104 valence electrons. The molecule has 7 heteroatoms. The second kappa shape index (κ2) is 6.19. The van der Waals surface area contributed by atoms with Gasteiger partial charge in [-0.3, -0.25) is 10.1 Å². The lowest BCUT2D eigenvalue weighted by Gasteiger charge is -2.10. The van der Waals surface area contributed by atoms with Crippen LogP contribution in [-0.4, -0.2) is 4.92 Å². The van der Waals surface area contributed by atoms with Crippen LogP contribution in [0.15, 0.2) is 40.9 Å². The van der Waals surface area contributed by atoms with E-state index in [1.165, 1.54) is 24.3 Å². The molecule has 0 amide bonds. The van der Waals surface area contributed by atoms with Gasteiger partial charge in [-0.15, -0.1) is 11.6 Å². The second-order valence-electron chi connectivity index (χ2n) is 3.83. The van der Waals surface area contributed by atoms with Crippen molar-refractivity contribution in [3.05, 3.63) is 62.4 Å². The van der Waals surface area contributed by atoms with E-state index in [1.54, 1.807) is 12.1 Å². The first-order valence-corrected chi connectivity index (χ1v) is 6.81. The maximum absolute atomic E-state index is 13.8. The molecule has 2 rings (SSSR count). The van der Waals surface area contributed by atoms with E-state index in [9.17, 15) is 14.5 Å². The summed E-state index contributed by atoms with van der Waals surface area (Å²) in [5.74, 6) is -0.736. The summed E-state index contributed by atoms with van der Waals surface area (Å²) >= 11 is 8.85. The molecule has 0 spiro atoms. The number of nitrogens with zero attached hydrogens (tertiary/aromatic N) is 1. The Morgan fingerprint density at radius 2 is 2.10 bits per heavy atom. The number of benzene rings is 2. The minimum Gasteiger partial charge on any atom is -0.447 e. The van der Waals surface area contributed by atoms with Crippen LogP contribution in [0, 0.1) is 15.9 Å². The molecule has 2 aromatic rings. The number of rotatable bonds is 4. The molecule has 0 aromatic heterocycles. The van der Waals surface area contributed by atoms with Crippen molar-refractivity contribution in [1.82, 2.24) is 0 Å². The van der Waals surface area contributed by atoms with Crippen molar-refractivity contribution in [2.45, 2.75) is 5.88 Å². The number of nitro benzene ring substituents is 1. The Morgan fingerprint density at radius 3 is 2.75 bits per heavy atom. The van der Waals surface area contributed by atoms with E-state index < -0.39 is 10.7 Å².